The molecule has 3 atom stereocenters. The molecule has 2 N–H and O–H groups in total. The number of hydrogen-bond acceptors (Lipinski definition) is 10. The van der Waals surface area contributed by atoms with Crippen LogP contribution >= 0.6 is 7.82 Å². The van der Waals surface area contributed by atoms with Gasteiger partial charge in [-0.05, 0) is 96.3 Å². The number of esters is 3. The highest BCUT2D eigenvalue weighted by molar-refractivity contribution is 7.47. The van der Waals surface area contributed by atoms with Crippen molar-refractivity contribution >= 4 is 25.7 Å². The van der Waals surface area contributed by atoms with Gasteiger partial charge in [0.05, 0.1) is 19.8 Å². The lowest BCUT2D eigenvalue weighted by Crippen LogP contribution is -2.30. The van der Waals surface area contributed by atoms with E-state index in [-0.39, 0.29) is 25.9 Å². The fourth-order valence-corrected chi connectivity index (χ4v) is 7.71. The largest absolute Gasteiger partial charge is 0.472 e. The van der Waals surface area contributed by atoms with E-state index in [1.54, 1.807) is 0 Å². The van der Waals surface area contributed by atoms with Gasteiger partial charge in [0, 0.05) is 19.3 Å². The highest BCUT2D eigenvalue weighted by Gasteiger charge is 2.28. The van der Waals surface area contributed by atoms with Crippen LogP contribution in [0.1, 0.15) is 213 Å². The fourth-order valence-electron chi connectivity index (χ4n) is 6.93. The minimum Gasteiger partial charge on any atom is -0.462 e. The number of ether oxygens (including phenoxy) is 3. The molecule has 0 aromatic carbocycles. The van der Waals surface area contributed by atoms with Crippen molar-refractivity contribution in [1.82, 2.24) is 0 Å². The van der Waals surface area contributed by atoms with Crippen molar-refractivity contribution in [2.24, 2.45) is 0 Å². The number of carbonyl (C=O) groups excluding carboxylic acids is 3. The minimum atomic E-state index is -4.76. The van der Waals surface area contributed by atoms with Gasteiger partial charge in [-0.15, -0.1) is 0 Å². The van der Waals surface area contributed by atoms with Gasteiger partial charge < -0.3 is 24.2 Å². The van der Waals surface area contributed by atoms with Crippen molar-refractivity contribution in [3.63, 3.8) is 0 Å². The molecule has 0 amide bonds. The van der Waals surface area contributed by atoms with Crippen LogP contribution in [0, 0.1) is 0 Å². The zero-order valence-corrected chi connectivity index (χ0v) is 44.8. The lowest BCUT2D eigenvalue weighted by Gasteiger charge is -2.21. The molecule has 0 aliphatic heterocycles. The first-order valence-electron chi connectivity index (χ1n) is 27.1. The topological polar surface area (TPSA) is 155 Å². The smallest absolute Gasteiger partial charge is 0.462 e. The summed E-state index contributed by atoms with van der Waals surface area (Å²) >= 11 is 0. The molecule has 0 aromatic heterocycles. The Morgan fingerprint density at radius 1 is 0.414 bits per heavy atom. The van der Waals surface area contributed by atoms with Gasteiger partial charge in [-0.1, -0.05) is 195 Å². The minimum absolute atomic E-state index is 0.138. The monoisotopic (exact) mass is 1000 g/mol. The van der Waals surface area contributed by atoms with E-state index < -0.39 is 57.8 Å². The highest BCUT2D eigenvalue weighted by Crippen LogP contribution is 2.43. The molecule has 3 unspecified atom stereocenters. The van der Waals surface area contributed by atoms with Crippen LogP contribution < -0.4 is 0 Å². The van der Waals surface area contributed by atoms with Crippen LogP contribution in [0.15, 0.2) is 97.2 Å². The molecule has 0 saturated heterocycles. The van der Waals surface area contributed by atoms with Crippen molar-refractivity contribution in [2.75, 3.05) is 26.4 Å². The summed E-state index contributed by atoms with van der Waals surface area (Å²) in [5, 5.41) is 9.76. The molecule has 0 saturated carbocycles. The molecule has 0 heterocycles. The van der Waals surface area contributed by atoms with Gasteiger partial charge in [-0.2, -0.15) is 0 Å². The van der Waals surface area contributed by atoms with Gasteiger partial charge >= 0.3 is 25.7 Å². The summed E-state index contributed by atoms with van der Waals surface area (Å²) in [6.45, 7) is 4.31. The third-order valence-electron chi connectivity index (χ3n) is 11.0. The second-order valence-electron chi connectivity index (χ2n) is 17.6. The first kappa shape index (κ1) is 66.4. The van der Waals surface area contributed by atoms with Crippen LogP contribution in [0.2, 0.25) is 0 Å². The lowest BCUT2D eigenvalue weighted by atomic mass is 10.1. The Hall–Kier alpha value is -3.60. The number of aliphatic hydroxyl groups is 1. The van der Waals surface area contributed by atoms with E-state index in [4.69, 9.17) is 23.3 Å². The maximum Gasteiger partial charge on any atom is 0.472 e. The molecule has 0 bridgehead atoms. The molecule has 0 aliphatic rings. The number of allylic oxidation sites excluding steroid dienone is 16. The molecule has 400 valence electrons. The molecule has 11 nitrogen and oxygen atoms in total. The van der Waals surface area contributed by atoms with E-state index in [0.717, 1.165) is 122 Å². The summed E-state index contributed by atoms with van der Waals surface area (Å²) in [6.07, 6.45) is 59.5. The molecule has 0 radical (unpaired) electrons. The average Bonchev–Trinajstić information content (AvgIpc) is 3.35. The zero-order valence-electron chi connectivity index (χ0n) is 43.9. The van der Waals surface area contributed by atoms with Crippen LogP contribution in [0.5, 0.6) is 0 Å². The Balaban J connectivity index is 4.83. The first-order valence-corrected chi connectivity index (χ1v) is 28.6. The zero-order chi connectivity index (χ0) is 51.3. The van der Waals surface area contributed by atoms with Crippen LogP contribution in [0.25, 0.3) is 0 Å². The predicted molar refractivity (Wildman–Crippen MR) is 288 cm³/mol. The second-order valence-corrected chi connectivity index (χ2v) is 19.1. The van der Waals surface area contributed by atoms with Crippen LogP contribution in [0.3, 0.4) is 0 Å². The Kier molecular flexibility index (Phi) is 49.1. The third kappa shape index (κ3) is 49.4. The summed E-state index contributed by atoms with van der Waals surface area (Å²) in [5.74, 6) is -1.54. The maximum atomic E-state index is 12.9. The Morgan fingerprint density at radius 2 is 0.743 bits per heavy atom. The van der Waals surface area contributed by atoms with E-state index in [0.29, 0.717) is 19.3 Å². The Labute approximate surface area is 425 Å². The van der Waals surface area contributed by atoms with Gasteiger partial charge in [0.25, 0.3) is 0 Å². The van der Waals surface area contributed by atoms with Crippen molar-refractivity contribution < 1.29 is 52.2 Å². The second kappa shape index (κ2) is 51.7. The number of hydrogen-bond donors (Lipinski definition) is 2. The standard InChI is InChI=1S/C58H97O11P/c1-4-7-10-13-16-19-21-23-25-26-27-28-30-32-34-37-40-43-46-49-58(62)69-55(51-65-56(60)47-44-41-38-36-33-31-29-24-22-20-17-14-11-8-5-2)53-67-70(63,64)66-52-54(50-59)68-57(61)48-45-42-39-35-18-15-12-9-6-3/h7-8,10-11,16-17,19-20,23-25,27-29,33,36,54-55,59H,4-6,9,12-15,18,21-22,26,30-32,34-35,37-53H2,1-3H3,(H,63,64)/b10-7-,11-8-,19-16-,20-17-,25-23-,28-27-,29-24-,36-33-. The van der Waals surface area contributed by atoms with E-state index in [9.17, 15) is 28.9 Å². The fraction of sp³-hybridized carbons (Fsp3) is 0.672. The first-order chi connectivity index (χ1) is 34.2. The molecular formula is C58H97O11P. The van der Waals surface area contributed by atoms with Crippen molar-refractivity contribution in [3.8, 4) is 0 Å². The molecule has 0 fully saturated rings. The number of unbranched alkanes of at least 4 members (excludes halogenated alkanes) is 16. The number of aliphatic hydroxyl groups excluding tert-OH is 1. The van der Waals surface area contributed by atoms with Gasteiger partial charge in [-0.25, -0.2) is 4.57 Å². The van der Waals surface area contributed by atoms with E-state index >= 15 is 0 Å². The normalized spacial score (nSPS) is 14.2. The molecule has 0 rings (SSSR count). The van der Waals surface area contributed by atoms with Crippen molar-refractivity contribution in [2.45, 2.75) is 226 Å². The predicted octanol–water partition coefficient (Wildman–Crippen LogP) is 15.7. The molecule has 0 aromatic rings. The lowest BCUT2D eigenvalue weighted by molar-refractivity contribution is -0.161. The Morgan fingerprint density at radius 3 is 1.17 bits per heavy atom. The number of rotatable bonds is 49. The Bertz CT molecular complexity index is 1540. The van der Waals surface area contributed by atoms with Gasteiger partial charge in [0.1, 0.15) is 12.7 Å². The van der Waals surface area contributed by atoms with Crippen LogP contribution in [0.4, 0.5) is 0 Å². The summed E-state index contributed by atoms with van der Waals surface area (Å²) in [4.78, 5) is 48.3. The number of phosphoric acid groups is 1. The molecule has 0 spiro atoms. The van der Waals surface area contributed by atoms with E-state index in [1.807, 2.05) is 0 Å². The summed E-state index contributed by atoms with van der Waals surface area (Å²) in [5.41, 5.74) is 0. The van der Waals surface area contributed by atoms with E-state index in [1.165, 1.54) is 32.1 Å². The molecular weight excluding hydrogens is 904 g/mol. The highest BCUT2D eigenvalue weighted by atomic mass is 31.2. The average molecular weight is 1000 g/mol. The molecule has 70 heavy (non-hydrogen) atoms. The molecule has 12 heteroatoms. The van der Waals surface area contributed by atoms with E-state index in [2.05, 4.69) is 118 Å². The third-order valence-corrected chi connectivity index (χ3v) is 12.0. The van der Waals surface area contributed by atoms with Crippen LogP contribution in [-0.4, -0.2) is 66.5 Å². The summed E-state index contributed by atoms with van der Waals surface area (Å²) < 4.78 is 39.3. The summed E-state index contributed by atoms with van der Waals surface area (Å²) in [6, 6.07) is 0. The van der Waals surface area contributed by atoms with Crippen molar-refractivity contribution in [1.29, 1.82) is 0 Å². The van der Waals surface area contributed by atoms with Crippen molar-refractivity contribution in [3.05, 3.63) is 97.2 Å². The SMILES string of the molecule is CC/C=C\C/C=C\C/C=C\C/C=C\CCCCCCCCC(=O)OC(COC(=O)CCCC/C=C\C/C=C\C/C=C\C/C=C\CC)COP(=O)(O)OCC(CO)OC(=O)CCCCCCCCCCC. The molecule has 0 aliphatic carbocycles. The number of carbonyl (C=O) groups is 3. The quantitative estimate of drug-likeness (QED) is 0.0197. The van der Waals surface area contributed by atoms with Gasteiger partial charge in [0.2, 0.25) is 0 Å². The van der Waals surface area contributed by atoms with Crippen LogP contribution in [-0.2, 0) is 42.2 Å². The van der Waals surface area contributed by atoms with Gasteiger partial charge in [0.15, 0.2) is 6.10 Å². The van der Waals surface area contributed by atoms with Gasteiger partial charge in [-0.3, -0.25) is 23.4 Å². The number of phosphoric ester groups is 1. The summed E-state index contributed by atoms with van der Waals surface area (Å²) in [7, 11) is -4.76. The maximum absolute atomic E-state index is 12.9.